The third-order valence-electron chi connectivity index (χ3n) is 4.18. The molecule has 1 aromatic heterocycles. The van der Waals surface area contributed by atoms with Crippen LogP contribution in [0.4, 0.5) is 0 Å². The van der Waals surface area contributed by atoms with Crippen LogP contribution in [-0.2, 0) is 0 Å². The van der Waals surface area contributed by atoms with E-state index in [2.05, 4.69) is 15.0 Å². The maximum atomic E-state index is 12.5. The smallest absolute Gasteiger partial charge is 0.278 e. The summed E-state index contributed by atoms with van der Waals surface area (Å²) in [5, 5.41) is 5.08. The summed E-state index contributed by atoms with van der Waals surface area (Å²) in [6.45, 7) is 1.99. The Hall–Kier alpha value is -2.66. The van der Waals surface area contributed by atoms with E-state index in [1.165, 1.54) is 4.68 Å². The molecule has 0 spiro atoms. The summed E-state index contributed by atoms with van der Waals surface area (Å²) >= 11 is 5.87. The van der Waals surface area contributed by atoms with Crippen molar-refractivity contribution in [2.24, 2.45) is 4.99 Å². The number of aromatic nitrogens is 2. The molecule has 120 valence electrons. The Bertz CT molecular complexity index is 879. The van der Waals surface area contributed by atoms with Crippen molar-refractivity contribution in [2.45, 2.75) is 19.1 Å². The van der Waals surface area contributed by atoms with Gasteiger partial charge in [0.05, 0.1) is 5.69 Å². The van der Waals surface area contributed by atoms with E-state index in [4.69, 9.17) is 11.6 Å². The molecule has 2 aromatic rings. The number of fused-ring (bicyclic) bond motifs is 1. The van der Waals surface area contributed by atoms with Crippen molar-refractivity contribution in [1.29, 1.82) is 0 Å². The zero-order valence-electron chi connectivity index (χ0n) is 13.0. The standard InChI is InChI=1S/C18H15ClN4O/c1-12-17(22-10-3-2-4-16(22)20-12)15-9-11-23(21-15)18(24)13-5-7-14(19)8-6-13/h2-11,16-17H,1H3. The fourth-order valence-electron chi connectivity index (χ4n) is 3.03. The fourth-order valence-corrected chi connectivity index (χ4v) is 3.16. The molecule has 0 aliphatic carbocycles. The van der Waals surface area contributed by atoms with E-state index < -0.39 is 0 Å². The summed E-state index contributed by atoms with van der Waals surface area (Å²) in [6, 6.07) is 8.61. The Kier molecular flexibility index (Phi) is 3.58. The summed E-state index contributed by atoms with van der Waals surface area (Å²) in [5.41, 5.74) is 2.34. The number of nitrogens with zero attached hydrogens (tertiary/aromatic N) is 4. The molecule has 2 aliphatic rings. The van der Waals surface area contributed by atoms with Crippen LogP contribution < -0.4 is 0 Å². The molecule has 2 atom stereocenters. The molecular weight excluding hydrogens is 324 g/mol. The molecule has 24 heavy (non-hydrogen) atoms. The molecule has 5 nitrogen and oxygen atoms in total. The highest BCUT2D eigenvalue weighted by atomic mass is 35.5. The monoisotopic (exact) mass is 338 g/mol. The Morgan fingerprint density at radius 3 is 2.75 bits per heavy atom. The number of hydrogen-bond acceptors (Lipinski definition) is 4. The van der Waals surface area contributed by atoms with Gasteiger partial charge in [-0.15, -0.1) is 0 Å². The zero-order valence-corrected chi connectivity index (χ0v) is 13.8. The molecule has 1 aromatic carbocycles. The van der Waals surface area contributed by atoms with Crippen molar-refractivity contribution < 1.29 is 4.79 Å². The van der Waals surface area contributed by atoms with Gasteiger partial charge >= 0.3 is 0 Å². The number of benzene rings is 1. The van der Waals surface area contributed by atoms with Gasteiger partial charge in [0.15, 0.2) is 0 Å². The molecular formula is C18H15ClN4O. The quantitative estimate of drug-likeness (QED) is 0.842. The van der Waals surface area contributed by atoms with Crippen LogP contribution in [0.2, 0.25) is 5.02 Å². The average Bonchev–Trinajstić information content (AvgIpc) is 3.18. The van der Waals surface area contributed by atoms with Crippen LogP contribution in [0.5, 0.6) is 0 Å². The van der Waals surface area contributed by atoms with Crippen LogP contribution in [0.25, 0.3) is 0 Å². The van der Waals surface area contributed by atoms with Gasteiger partial charge in [-0.1, -0.05) is 17.7 Å². The Labute approximate surface area is 144 Å². The normalized spacial score (nSPS) is 21.8. The minimum atomic E-state index is -0.184. The first-order valence-corrected chi connectivity index (χ1v) is 8.04. The van der Waals surface area contributed by atoms with Crippen LogP contribution in [0, 0.1) is 0 Å². The number of allylic oxidation sites excluding steroid dienone is 2. The first-order chi connectivity index (χ1) is 11.6. The molecule has 0 amide bonds. The van der Waals surface area contributed by atoms with Gasteiger partial charge in [0, 0.05) is 28.7 Å². The van der Waals surface area contributed by atoms with E-state index in [0.717, 1.165) is 11.4 Å². The predicted octanol–water partition coefficient (Wildman–Crippen LogP) is 3.45. The van der Waals surface area contributed by atoms with E-state index in [1.54, 1.807) is 30.5 Å². The van der Waals surface area contributed by atoms with Gasteiger partial charge in [-0.3, -0.25) is 9.79 Å². The van der Waals surface area contributed by atoms with Gasteiger partial charge in [-0.05, 0) is 49.4 Å². The predicted molar refractivity (Wildman–Crippen MR) is 93.2 cm³/mol. The molecule has 0 fully saturated rings. The third kappa shape index (κ3) is 2.47. The topological polar surface area (TPSA) is 50.5 Å². The maximum Gasteiger partial charge on any atom is 0.278 e. The first-order valence-electron chi connectivity index (χ1n) is 7.66. The van der Waals surface area contributed by atoms with Crippen molar-refractivity contribution in [3.8, 4) is 0 Å². The highest BCUT2D eigenvalue weighted by molar-refractivity contribution is 6.30. The lowest BCUT2D eigenvalue weighted by Crippen LogP contribution is -2.29. The molecule has 4 rings (SSSR count). The van der Waals surface area contributed by atoms with Gasteiger partial charge in [-0.25, -0.2) is 4.68 Å². The van der Waals surface area contributed by atoms with Crippen LogP contribution in [0.3, 0.4) is 0 Å². The Morgan fingerprint density at radius 1 is 1.17 bits per heavy atom. The Morgan fingerprint density at radius 2 is 1.96 bits per heavy atom. The van der Waals surface area contributed by atoms with E-state index in [-0.39, 0.29) is 18.1 Å². The van der Waals surface area contributed by atoms with E-state index >= 15 is 0 Å². The fraction of sp³-hybridized carbons (Fsp3) is 0.167. The molecule has 0 radical (unpaired) electrons. The zero-order chi connectivity index (χ0) is 16.7. The van der Waals surface area contributed by atoms with Crippen molar-refractivity contribution in [3.05, 3.63) is 77.2 Å². The number of carbonyl (C=O) groups is 1. The van der Waals surface area contributed by atoms with Gasteiger partial charge in [0.1, 0.15) is 12.2 Å². The van der Waals surface area contributed by atoms with Crippen LogP contribution in [-0.4, -0.2) is 32.5 Å². The highest BCUT2D eigenvalue weighted by Crippen LogP contribution is 2.32. The lowest BCUT2D eigenvalue weighted by atomic mass is 10.1. The summed E-state index contributed by atoms with van der Waals surface area (Å²) in [6.07, 6.45) is 9.72. The van der Waals surface area contributed by atoms with E-state index in [9.17, 15) is 4.79 Å². The first kappa shape index (κ1) is 14.9. The number of aliphatic imine (C=N–C) groups is 1. The summed E-state index contributed by atoms with van der Waals surface area (Å²) in [4.78, 5) is 19.3. The molecule has 0 N–H and O–H groups in total. The molecule has 2 aliphatic heterocycles. The summed E-state index contributed by atoms with van der Waals surface area (Å²) in [7, 11) is 0. The second-order valence-electron chi connectivity index (χ2n) is 5.76. The minimum Gasteiger partial charge on any atom is -0.339 e. The number of hydrogen-bond donors (Lipinski definition) is 0. The van der Waals surface area contributed by atoms with Gasteiger partial charge in [0.2, 0.25) is 0 Å². The largest absolute Gasteiger partial charge is 0.339 e. The highest BCUT2D eigenvalue weighted by Gasteiger charge is 2.34. The molecule has 3 heterocycles. The number of halogens is 1. The average molecular weight is 339 g/mol. The lowest BCUT2D eigenvalue weighted by Gasteiger charge is -2.27. The van der Waals surface area contributed by atoms with Gasteiger partial charge in [0.25, 0.3) is 5.91 Å². The third-order valence-corrected chi connectivity index (χ3v) is 4.43. The van der Waals surface area contributed by atoms with E-state index in [0.29, 0.717) is 10.6 Å². The lowest BCUT2D eigenvalue weighted by molar-refractivity contribution is 0.0944. The molecule has 0 saturated carbocycles. The SMILES string of the molecule is CC1=NC2C=CC=CN2C1c1ccn(C(=O)c2ccc(Cl)cc2)n1. The van der Waals surface area contributed by atoms with Gasteiger partial charge < -0.3 is 4.90 Å². The van der Waals surface area contributed by atoms with E-state index in [1.807, 2.05) is 37.4 Å². The summed E-state index contributed by atoms with van der Waals surface area (Å²) < 4.78 is 1.36. The minimum absolute atomic E-state index is 0.0112. The van der Waals surface area contributed by atoms with Crippen LogP contribution in [0.15, 0.2) is 65.9 Å². The van der Waals surface area contributed by atoms with Gasteiger partial charge in [-0.2, -0.15) is 5.10 Å². The Balaban J connectivity index is 1.62. The number of carbonyl (C=O) groups excluding carboxylic acids is 1. The second kappa shape index (κ2) is 5.76. The molecule has 2 unspecified atom stereocenters. The van der Waals surface area contributed by atoms with Crippen LogP contribution >= 0.6 is 11.6 Å². The van der Waals surface area contributed by atoms with Crippen molar-refractivity contribution >= 4 is 23.2 Å². The van der Waals surface area contributed by atoms with Crippen molar-refractivity contribution in [2.75, 3.05) is 0 Å². The van der Waals surface area contributed by atoms with Crippen molar-refractivity contribution in [1.82, 2.24) is 14.7 Å². The molecule has 0 bridgehead atoms. The second-order valence-corrected chi connectivity index (χ2v) is 6.19. The summed E-state index contributed by atoms with van der Waals surface area (Å²) in [5.74, 6) is -0.184. The van der Waals surface area contributed by atoms with Crippen molar-refractivity contribution in [3.63, 3.8) is 0 Å². The molecule has 0 saturated heterocycles. The molecule has 6 heteroatoms. The van der Waals surface area contributed by atoms with Crippen LogP contribution in [0.1, 0.15) is 29.0 Å². The maximum absolute atomic E-state index is 12.5. The number of rotatable bonds is 2.